The second kappa shape index (κ2) is 6.74. The van der Waals surface area contributed by atoms with Crippen molar-refractivity contribution in [2.24, 2.45) is 0 Å². The largest absolute Gasteiger partial charge is 0.389 e. The van der Waals surface area contributed by atoms with E-state index < -0.39 is 6.10 Å². The topological polar surface area (TPSA) is 41.5 Å². The van der Waals surface area contributed by atoms with Crippen molar-refractivity contribution in [3.63, 3.8) is 0 Å². The Kier molecular flexibility index (Phi) is 5.60. The fourth-order valence-electron chi connectivity index (χ4n) is 1.32. The molecule has 1 aromatic rings. The number of halogens is 1. The number of rotatable bonds is 6. The van der Waals surface area contributed by atoms with Crippen LogP contribution < -0.4 is 5.32 Å². The lowest BCUT2D eigenvalue weighted by atomic mass is 10.2. The molecule has 0 radical (unpaired) electrons. The van der Waals surface area contributed by atoms with Gasteiger partial charge in [0.15, 0.2) is 0 Å². The lowest BCUT2D eigenvalue weighted by Crippen LogP contribution is -2.24. The highest BCUT2D eigenvalue weighted by atomic mass is 35.5. The van der Waals surface area contributed by atoms with Gasteiger partial charge in [-0.3, -0.25) is 0 Å². The van der Waals surface area contributed by atoms with Gasteiger partial charge in [-0.15, -0.1) is 0 Å². The third-order valence-electron chi connectivity index (χ3n) is 2.16. The van der Waals surface area contributed by atoms with E-state index >= 15 is 0 Å². The minimum absolute atomic E-state index is 0.340. The predicted molar refractivity (Wildman–Crippen MR) is 67.2 cm³/mol. The van der Waals surface area contributed by atoms with Crippen molar-refractivity contribution in [1.29, 1.82) is 0 Å². The summed E-state index contributed by atoms with van der Waals surface area (Å²) in [5.74, 6) is 0. The van der Waals surface area contributed by atoms with Crippen LogP contribution in [0.4, 0.5) is 5.69 Å². The van der Waals surface area contributed by atoms with Gasteiger partial charge in [0.25, 0.3) is 0 Å². The summed E-state index contributed by atoms with van der Waals surface area (Å²) < 4.78 is 5.11. The highest BCUT2D eigenvalue weighted by Crippen LogP contribution is 2.22. The zero-order chi connectivity index (χ0) is 12.0. The SMILES string of the molecule is CCOCC(O)CNc1cc(C)ccc1Cl. The van der Waals surface area contributed by atoms with Gasteiger partial charge in [0.1, 0.15) is 0 Å². The Balaban J connectivity index is 2.44. The summed E-state index contributed by atoms with van der Waals surface area (Å²) in [6, 6.07) is 5.74. The maximum absolute atomic E-state index is 9.57. The van der Waals surface area contributed by atoms with E-state index in [0.29, 0.717) is 24.8 Å². The van der Waals surface area contributed by atoms with E-state index in [9.17, 15) is 5.11 Å². The van der Waals surface area contributed by atoms with Gasteiger partial charge in [0.2, 0.25) is 0 Å². The normalized spacial score (nSPS) is 12.5. The maximum Gasteiger partial charge on any atom is 0.0945 e. The van der Waals surface area contributed by atoms with Gasteiger partial charge in [-0.05, 0) is 31.5 Å². The molecule has 4 heteroatoms. The van der Waals surface area contributed by atoms with Gasteiger partial charge in [0.05, 0.1) is 23.4 Å². The smallest absolute Gasteiger partial charge is 0.0945 e. The molecule has 3 nitrogen and oxygen atoms in total. The number of hydrogen-bond acceptors (Lipinski definition) is 3. The molecule has 0 aliphatic rings. The van der Waals surface area contributed by atoms with Crippen molar-refractivity contribution in [2.75, 3.05) is 25.1 Å². The van der Waals surface area contributed by atoms with Crippen molar-refractivity contribution < 1.29 is 9.84 Å². The van der Waals surface area contributed by atoms with Crippen molar-refractivity contribution in [1.82, 2.24) is 0 Å². The van der Waals surface area contributed by atoms with Gasteiger partial charge in [-0.2, -0.15) is 0 Å². The molecule has 0 saturated heterocycles. The van der Waals surface area contributed by atoms with Gasteiger partial charge < -0.3 is 15.2 Å². The fraction of sp³-hybridized carbons (Fsp3) is 0.500. The van der Waals surface area contributed by atoms with Crippen LogP contribution in [0.1, 0.15) is 12.5 Å². The Hall–Kier alpha value is -0.770. The lowest BCUT2D eigenvalue weighted by Gasteiger charge is -2.14. The first-order valence-corrected chi connectivity index (χ1v) is 5.77. The van der Waals surface area contributed by atoms with E-state index in [4.69, 9.17) is 16.3 Å². The molecule has 2 N–H and O–H groups in total. The lowest BCUT2D eigenvalue weighted by molar-refractivity contribution is 0.0496. The number of nitrogens with one attached hydrogen (secondary N) is 1. The van der Waals surface area contributed by atoms with E-state index in [2.05, 4.69) is 5.32 Å². The number of aliphatic hydroxyl groups excluding tert-OH is 1. The first-order chi connectivity index (χ1) is 7.63. The molecule has 0 bridgehead atoms. The summed E-state index contributed by atoms with van der Waals surface area (Å²) in [5.41, 5.74) is 1.98. The van der Waals surface area contributed by atoms with Crippen LogP contribution in [0.25, 0.3) is 0 Å². The summed E-state index contributed by atoms with van der Waals surface area (Å²) in [7, 11) is 0. The number of ether oxygens (including phenoxy) is 1. The quantitative estimate of drug-likeness (QED) is 0.807. The van der Waals surface area contributed by atoms with Gasteiger partial charge in [0, 0.05) is 13.2 Å². The number of aryl methyl sites for hydroxylation is 1. The van der Waals surface area contributed by atoms with Crippen molar-refractivity contribution in [2.45, 2.75) is 20.0 Å². The van der Waals surface area contributed by atoms with Gasteiger partial charge in [-0.1, -0.05) is 17.7 Å². The van der Waals surface area contributed by atoms with Crippen LogP contribution in [0.3, 0.4) is 0 Å². The van der Waals surface area contributed by atoms with Crippen LogP contribution in [-0.2, 0) is 4.74 Å². The van der Waals surface area contributed by atoms with Crippen LogP contribution in [0.15, 0.2) is 18.2 Å². The summed E-state index contributed by atoms with van der Waals surface area (Å²) >= 11 is 6.01. The molecule has 0 aliphatic carbocycles. The van der Waals surface area contributed by atoms with E-state index in [1.807, 2.05) is 32.0 Å². The van der Waals surface area contributed by atoms with E-state index in [0.717, 1.165) is 11.3 Å². The molecule has 16 heavy (non-hydrogen) atoms. The van der Waals surface area contributed by atoms with Crippen LogP contribution in [-0.4, -0.2) is 31.0 Å². The van der Waals surface area contributed by atoms with Crippen LogP contribution in [0.5, 0.6) is 0 Å². The highest BCUT2D eigenvalue weighted by Gasteiger charge is 2.05. The molecular formula is C12H18ClNO2. The summed E-state index contributed by atoms with van der Waals surface area (Å²) in [5, 5.41) is 13.3. The van der Waals surface area contributed by atoms with Crippen LogP contribution in [0, 0.1) is 6.92 Å². The van der Waals surface area contributed by atoms with Crippen molar-refractivity contribution in [3.8, 4) is 0 Å². The molecular weight excluding hydrogens is 226 g/mol. The monoisotopic (exact) mass is 243 g/mol. The molecule has 0 spiro atoms. The van der Waals surface area contributed by atoms with Gasteiger partial charge in [-0.25, -0.2) is 0 Å². The molecule has 1 unspecified atom stereocenters. The number of aliphatic hydroxyl groups is 1. The molecule has 0 aromatic heterocycles. The third-order valence-corrected chi connectivity index (χ3v) is 2.49. The second-order valence-electron chi connectivity index (χ2n) is 3.68. The number of anilines is 1. The molecule has 1 aromatic carbocycles. The van der Waals surface area contributed by atoms with E-state index in [1.165, 1.54) is 0 Å². The molecule has 0 amide bonds. The minimum atomic E-state index is -0.517. The molecule has 0 aliphatic heterocycles. The molecule has 90 valence electrons. The van der Waals surface area contributed by atoms with Crippen LogP contribution in [0.2, 0.25) is 5.02 Å². The molecule has 0 fully saturated rings. The van der Waals surface area contributed by atoms with Crippen LogP contribution >= 0.6 is 11.6 Å². The Morgan fingerprint density at radius 2 is 2.25 bits per heavy atom. The maximum atomic E-state index is 9.57. The third kappa shape index (κ3) is 4.39. The zero-order valence-electron chi connectivity index (χ0n) is 9.66. The van der Waals surface area contributed by atoms with Gasteiger partial charge >= 0.3 is 0 Å². The number of hydrogen-bond donors (Lipinski definition) is 2. The highest BCUT2D eigenvalue weighted by molar-refractivity contribution is 6.33. The van der Waals surface area contributed by atoms with Crippen molar-refractivity contribution in [3.05, 3.63) is 28.8 Å². The molecule has 0 heterocycles. The van der Waals surface area contributed by atoms with E-state index in [-0.39, 0.29) is 0 Å². The second-order valence-corrected chi connectivity index (χ2v) is 4.08. The summed E-state index contributed by atoms with van der Waals surface area (Å²) in [6.07, 6.45) is -0.517. The Morgan fingerprint density at radius 1 is 1.50 bits per heavy atom. The summed E-state index contributed by atoms with van der Waals surface area (Å²) in [6.45, 7) is 5.29. The fourth-order valence-corrected chi connectivity index (χ4v) is 1.50. The predicted octanol–water partition coefficient (Wildman–Crippen LogP) is 2.46. The van der Waals surface area contributed by atoms with Crippen molar-refractivity contribution >= 4 is 17.3 Å². The van der Waals surface area contributed by atoms with E-state index in [1.54, 1.807) is 0 Å². The average molecular weight is 244 g/mol. The first kappa shape index (κ1) is 13.3. The minimum Gasteiger partial charge on any atom is -0.389 e. The Bertz CT molecular complexity index is 331. The molecule has 1 rings (SSSR count). The Morgan fingerprint density at radius 3 is 2.94 bits per heavy atom. The average Bonchev–Trinajstić information content (AvgIpc) is 2.27. The first-order valence-electron chi connectivity index (χ1n) is 5.39. The zero-order valence-corrected chi connectivity index (χ0v) is 10.4. The summed E-state index contributed by atoms with van der Waals surface area (Å²) in [4.78, 5) is 0. The molecule has 0 saturated carbocycles. The molecule has 1 atom stereocenters. The standard InChI is InChI=1S/C12H18ClNO2/c1-3-16-8-10(15)7-14-12-6-9(2)4-5-11(12)13/h4-6,10,14-15H,3,7-8H2,1-2H3. The Labute approximate surface area is 101 Å². The number of benzene rings is 1.